The monoisotopic (exact) mass is 308 g/mol. The van der Waals surface area contributed by atoms with Crippen molar-refractivity contribution in [2.75, 3.05) is 0 Å². The van der Waals surface area contributed by atoms with Crippen molar-refractivity contribution in [3.63, 3.8) is 0 Å². The zero-order valence-electron chi connectivity index (χ0n) is 12.9. The van der Waals surface area contributed by atoms with Gasteiger partial charge in [0.1, 0.15) is 5.65 Å². The van der Waals surface area contributed by atoms with E-state index in [1.54, 1.807) is 10.5 Å². The highest BCUT2D eigenvalue weighted by Crippen LogP contribution is 2.25. The van der Waals surface area contributed by atoms with E-state index in [4.69, 9.17) is 0 Å². The van der Waals surface area contributed by atoms with Crippen LogP contribution in [0, 0.1) is 6.92 Å². The highest BCUT2D eigenvalue weighted by atomic mass is 16.4. The molecule has 3 aromatic rings. The highest BCUT2D eigenvalue weighted by Gasteiger charge is 2.19. The average Bonchev–Trinajstić information content (AvgIpc) is 2.94. The van der Waals surface area contributed by atoms with Gasteiger partial charge in [-0.25, -0.2) is 9.78 Å². The third-order valence-electron chi connectivity index (χ3n) is 3.62. The van der Waals surface area contributed by atoms with E-state index in [0.29, 0.717) is 11.3 Å². The quantitative estimate of drug-likeness (QED) is 0.729. The van der Waals surface area contributed by atoms with Crippen molar-refractivity contribution in [3.8, 4) is 0 Å². The molecule has 0 aliphatic carbocycles. The molecule has 1 aromatic carbocycles. The van der Waals surface area contributed by atoms with Crippen LogP contribution in [0.3, 0.4) is 0 Å². The lowest BCUT2D eigenvalue weighted by Crippen LogP contribution is -1.97. The molecular formula is C17H16N4O2. The molecular weight excluding hydrogens is 292 g/mol. The van der Waals surface area contributed by atoms with E-state index >= 15 is 0 Å². The summed E-state index contributed by atoms with van der Waals surface area (Å²) in [6.45, 7) is 3.95. The molecule has 116 valence electrons. The molecule has 2 heterocycles. The van der Waals surface area contributed by atoms with E-state index < -0.39 is 5.97 Å². The van der Waals surface area contributed by atoms with Crippen LogP contribution < -0.4 is 0 Å². The third kappa shape index (κ3) is 2.83. The number of hydrogen-bond acceptors (Lipinski definition) is 4. The Balaban J connectivity index is 2.08. The fourth-order valence-corrected chi connectivity index (χ4v) is 2.38. The lowest BCUT2D eigenvalue weighted by Gasteiger charge is -2.01. The SMILES string of the molecule is CCc1ccc(N=Nc2c(C(=O)O)nc3cccc(C)n23)cc1. The standard InChI is InChI=1S/C17H16N4O2/c1-3-12-7-9-13(10-8-12)19-20-16-15(17(22)23)18-14-6-4-5-11(2)21(14)16/h4-10H,3H2,1-2H3,(H,22,23). The number of nitrogens with zero attached hydrogens (tertiary/aromatic N) is 4. The zero-order chi connectivity index (χ0) is 16.4. The van der Waals surface area contributed by atoms with Crippen molar-refractivity contribution in [1.82, 2.24) is 9.38 Å². The van der Waals surface area contributed by atoms with Crippen molar-refractivity contribution in [1.29, 1.82) is 0 Å². The average molecular weight is 308 g/mol. The van der Waals surface area contributed by atoms with Gasteiger partial charge in [-0.15, -0.1) is 10.2 Å². The number of carboxylic acid groups (broad SMARTS) is 1. The van der Waals surface area contributed by atoms with Crippen LogP contribution in [0.5, 0.6) is 0 Å². The predicted octanol–water partition coefficient (Wildman–Crippen LogP) is 4.32. The van der Waals surface area contributed by atoms with Gasteiger partial charge in [0.25, 0.3) is 0 Å². The fraction of sp³-hybridized carbons (Fsp3) is 0.176. The molecule has 0 saturated carbocycles. The van der Waals surface area contributed by atoms with Crippen molar-refractivity contribution in [3.05, 3.63) is 59.4 Å². The van der Waals surface area contributed by atoms with Crippen LogP contribution in [0.4, 0.5) is 11.5 Å². The molecule has 23 heavy (non-hydrogen) atoms. The second kappa shape index (κ2) is 6.00. The number of aromatic carboxylic acids is 1. The number of azo groups is 1. The van der Waals surface area contributed by atoms with E-state index in [2.05, 4.69) is 22.1 Å². The Morgan fingerprint density at radius 1 is 1.17 bits per heavy atom. The summed E-state index contributed by atoms with van der Waals surface area (Å²) in [5.74, 6) is -0.895. The molecule has 0 aliphatic heterocycles. The van der Waals surface area contributed by atoms with E-state index in [1.165, 1.54) is 5.56 Å². The number of pyridine rings is 1. The first-order valence-electron chi connectivity index (χ1n) is 7.32. The van der Waals surface area contributed by atoms with Gasteiger partial charge in [-0.1, -0.05) is 25.1 Å². The molecule has 0 fully saturated rings. The number of aromatic nitrogens is 2. The van der Waals surface area contributed by atoms with Crippen molar-refractivity contribution < 1.29 is 9.90 Å². The maximum absolute atomic E-state index is 11.4. The number of hydrogen-bond donors (Lipinski definition) is 1. The first-order valence-corrected chi connectivity index (χ1v) is 7.32. The van der Waals surface area contributed by atoms with Gasteiger partial charge in [0.15, 0.2) is 11.5 Å². The molecule has 0 unspecified atom stereocenters. The van der Waals surface area contributed by atoms with E-state index in [0.717, 1.165) is 12.1 Å². The van der Waals surface area contributed by atoms with Gasteiger partial charge < -0.3 is 5.11 Å². The van der Waals surface area contributed by atoms with Gasteiger partial charge in [-0.2, -0.15) is 0 Å². The number of aryl methyl sites for hydroxylation is 2. The van der Waals surface area contributed by atoms with Gasteiger partial charge in [0.2, 0.25) is 0 Å². The molecule has 1 N–H and O–H groups in total. The Labute approximate surface area is 133 Å². The van der Waals surface area contributed by atoms with Gasteiger partial charge in [0.05, 0.1) is 5.69 Å². The van der Waals surface area contributed by atoms with Gasteiger partial charge in [-0.3, -0.25) is 4.40 Å². The van der Waals surface area contributed by atoms with Crippen LogP contribution in [-0.4, -0.2) is 20.5 Å². The summed E-state index contributed by atoms with van der Waals surface area (Å²) in [6, 6.07) is 13.1. The van der Waals surface area contributed by atoms with Gasteiger partial charge >= 0.3 is 5.97 Å². The smallest absolute Gasteiger partial charge is 0.358 e. The normalized spacial score (nSPS) is 11.4. The summed E-state index contributed by atoms with van der Waals surface area (Å²) < 4.78 is 1.69. The molecule has 6 nitrogen and oxygen atoms in total. The topological polar surface area (TPSA) is 79.3 Å². The molecule has 0 atom stereocenters. The lowest BCUT2D eigenvalue weighted by atomic mass is 10.2. The Hall–Kier alpha value is -3.02. The number of imidazole rings is 1. The predicted molar refractivity (Wildman–Crippen MR) is 86.9 cm³/mol. The van der Waals surface area contributed by atoms with Crippen molar-refractivity contribution >= 4 is 23.1 Å². The summed E-state index contributed by atoms with van der Waals surface area (Å²) in [6.07, 6.45) is 0.951. The third-order valence-corrected chi connectivity index (χ3v) is 3.62. The minimum absolute atomic E-state index is 0.103. The number of benzene rings is 1. The van der Waals surface area contributed by atoms with Crippen LogP contribution in [0.25, 0.3) is 5.65 Å². The first-order chi connectivity index (χ1) is 11.1. The summed E-state index contributed by atoms with van der Waals surface area (Å²) in [7, 11) is 0. The van der Waals surface area contributed by atoms with E-state index in [-0.39, 0.29) is 11.5 Å². The second-order valence-corrected chi connectivity index (χ2v) is 5.17. The zero-order valence-corrected chi connectivity index (χ0v) is 12.9. The molecule has 0 aliphatic rings. The molecule has 0 saturated heterocycles. The molecule has 0 amide bonds. The Bertz CT molecular complexity index is 895. The number of carbonyl (C=O) groups is 1. The molecule has 0 radical (unpaired) electrons. The molecule has 3 rings (SSSR count). The summed E-state index contributed by atoms with van der Waals surface area (Å²) in [5, 5.41) is 17.7. The van der Waals surface area contributed by atoms with Crippen LogP contribution in [0.15, 0.2) is 52.7 Å². The Morgan fingerprint density at radius 3 is 2.57 bits per heavy atom. The molecule has 0 spiro atoms. The summed E-state index contributed by atoms with van der Waals surface area (Å²) in [4.78, 5) is 15.5. The fourth-order valence-electron chi connectivity index (χ4n) is 2.38. The maximum Gasteiger partial charge on any atom is 0.358 e. The van der Waals surface area contributed by atoms with Gasteiger partial charge in [0, 0.05) is 5.69 Å². The number of fused-ring (bicyclic) bond motifs is 1. The Morgan fingerprint density at radius 2 is 1.91 bits per heavy atom. The molecule has 6 heteroatoms. The minimum Gasteiger partial charge on any atom is -0.476 e. The van der Waals surface area contributed by atoms with E-state index in [9.17, 15) is 9.90 Å². The summed E-state index contributed by atoms with van der Waals surface area (Å²) >= 11 is 0. The Kier molecular flexibility index (Phi) is 3.89. The first kappa shape index (κ1) is 14.9. The minimum atomic E-state index is -1.12. The summed E-state index contributed by atoms with van der Waals surface area (Å²) in [5.41, 5.74) is 3.16. The van der Waals surface area contributed by atoms with Gasteiger partial charge in [-0.05, 0) is 43.2 Å². The van der Waals surface area contributed by atoms with Crippen LogP contribution in [0.2, 0.25) is 0 Å². The van der Waals surface area contributed by atoms with Crippen LogP contribution >= 0.6 is 0 Å². The highest BCUT2D eigenvalue weighted by molar-refractivity contribution is 5.91. The lowest BCUT2D eigenvalue weighted by molar-refractivity contribution is 0.0692. The number of rotatable bonds is 4. The second-order valence-electron chi connectivity index (χ2n) is 5.17. The van der Waals surface area contributed by atoms with Crippen LogP contribution in [0.1, 0.15) is 28.7 Å². The van der Waals surface area contributed by atoms with Crippen LogP contribution in [-0.2, 0) is 6.42 Å². The molecule has 2 aromatic heterocycles. The largest absolute Gasteiger partial charge is 0.476 e. The maximum atomic E-state index is 11.4. The van der Waals surface area contributed by atoms with Crippen molar-refractivity contribution in [2.45, 2.75) is 20.3 Å². The van der Waals surface area contributed by atoms with E-state index in [1.807, 2.05) is 43.3 Å². The van der Waals surface area contributed by atoms with Crippen molar-refractivity contribution in [2.24, 2.45) is 10.2 Å². The number of carboxylic acids is 1. The molecule has 0 bridgehead atoms.